The molecule has 21 heavy (non-hydrogen) atoms. The topological polar surface area (TPSA) is 55.9 Å². The Bertz CT molecular complexity index is 436. The van der Waals surface area contributed by atoms with Gasteiger partial charge in [0.2, 0.25) is 0 Å². The SMILES string of the molecule is CC1CCCC1C(Cc1ccn(C2CCCCC2)n1)NN. The summed E-state index contributed by atoms with van der Waals surface area (Å²) in [6, 6.07) is 3.19. The van der Waals surface area contributed by atoms with Crippen LogP contribution in [-0.2, 0) is 6.42 Å². The van der Waals surface area contributed by atoms with Gasteiger partial charge in [0.25, 0.3) is 0 Å². The van der Waals surface area contributed by atoms with E-state index in [-0.39, 0.29) is 0 Å². The third kappa shape index (κ3) is 3.49. The molecule has 1 aromatic heterocycles. The summed E-state index contributed by atoms with van der Waals surface area (Å²) in [6.07, 6.45) is 13.8. The molecule has 0 amide bonds. The molecule has 2 fully saturated rings. The van der Waals surface area contributed by atoms with Gasteiger partial charge >= 0.3 is 0 Å². The van der Waals surface area contributed by atoms with E-state index in [0.29, 0.717) is 18.0 Å². The van der Waals surface area contributed by atoms with Crippen LogP contribution in [0.4, 0.5) is 0 Å². The van der Waals surface area contributed by atoms with Crippen molar-refractivity contribution >= 4 is 0 Å². The smallest absolute Gasteiger partial charge is 0.0640 e. The zero-order valence-electron chi connectivity index (χ0n) is 13.3. The molecule has 3 rings (SSSR count). The predicted molar refractivity (Wildman–Crippen MR) is 85.7 cm³/mol. The average Bonchev–Trinajstić information content (AvgIpc) is 3.15. The summed E-state index contributed by atoms with van der Waals surface area (Å²) in [4.78, 5) is 0. The Balaban J connectivity index is 1.62. The van der Waals surface area contributed by atoms with Crippen molar-refractivity contribution in [2.45, 2.75) is 76.8 Å². The number of nitrogens with two attached hydrogens (primary N) is 1. The van der Waals surface area contributed by atoms with E-state index < -0.39 is 0 Å². The van der Waals surface area contributed by atoms with E-state index in [1.165, 1.54) is 57.1 Å². The van der Waals surface area contributed by atoms with E-state index in [4.69, 9.17) is 10.9 Å². The number of hydrazine groups is 1. The molecule has 0 spiro atoms. The minimum absolute atomic E-state index is 0.372. The summed E-state index contributed by atoms with van der Waals surface area (Å²) in [7, 11) is 0. The van der Waals surface area contributed by atoms with Gasteiger partial charge in [-0.05, 0) is 37.2 Å². The molecule has 2 aliphatic carbocycles. The molecule has 2 aliphatic rings. The molecule has 3 atom stereocenters. The van der Waals surface area contributed by atoms with Crippen LogP contribution in [0.25, 0.3) is 0 Å². The molecular weight excluding hydrogens is 260 g/mol. The molecule has 4 nitrogen and oxygen atoms in total. The van der Waals surface area contributed by atoms with Gasteiger partial charge in [0.1, 0.15) is 0 Å². The van der Waals surface area contributed by atoms with Gasteiger partial charge in [0, 0.05) is 18.7 Å². The predicted octanol–water partition coefficient (Wildman–Crippen LogP) is 3.20. The lowest BCUT2D eigenvalue weighted by atomic mass is 9.88. The van der Waals surface area contributed by atoms with Crippen molar-refractivity contribution in [1.29, 1.82) is 0 Å². The first-order chi connectivity index (χ1) is 10.3. The van der Waals surface area contributed by atoms with Crippen LogP contribution in [-0.4, -0.2) is 15.8 Å². The zero-order valence-corrected chi connectivity index (χ0v) is 13.3. The van der Waals surface area contributed by atoms with Crippen molar-refractivity contribution in [2.24, 2.45) is 17.7 Å². The lowest BCUT2D eigenvalue weighted by molar-refractivity contribution is 0.292. The lowest BCUT2D eigenvalue weighted by Crippen LogP contribution is -2.43. The van der Waals surface area contributed by atoms with Gasteiger partial charge < -0.3 is 0 Å². The fourth-order valence-corrected chi connectivity index (χ4v) is 4.37. The maximum Gasteiger partial charge on any atom is 0.0640 e. The molecular formula is C17H30N4. The van der Waals surface area contributed by atoms with Crippen LogP contribution in [0.3, 0.4) is 0 Å². The van der Waals surface area contributed by atoms with Crippen LogP contribution in [0.2, 0.25) is 0 Å². The van der Waals surface area contributed by atoms with Crippen molar-refractivity contribution in [3.63, 3.8) is 0 Å². The third-order valence-corrected chi connectivity index (χ3v) is 5.70. The molecule has 1 heterocycles. The van der Waals surface area contributed by atoms with Crippen molar-refractivity contribution in [3.05, 3.63) is 18.0 Å². The molecule has 0 radical (unpaired) electrons. The van der Waals surface area contributed by atoms with Gasteiger partial charge in [-0.15, -0.1) is 0 Å². The van der Waals surface area contributed by atoms with Crippen LogP contribution in [0.15, 0.2) is 12.3 Å². The van der Waals surface area contributed by atoms with Crippen LogP contribution in [0.1, 0.15) is 70.0 Å². The van der Waals surface area contributed by atoms with Gasteiger partial charge in [0.15, 0.2) is 0 Å². The Morgan fingerprint density at radius 3 is 2.71 bits per heavy atom. The molecule has 2 saturated carbocycles. The molecule has 118 valence electrons. The second-order valence-corrected chi connectivity index (χ2v) is 7.13. The first kappa shape index (κ1) is 15.0. The summed E-state index contributed by atoms with van der Waals surface area (Å²) < 4.78 is 2.21. The molecule has 0 aliphatic heterocycles. The average molecular weight is 290 g/mol. The highest BCUT2D eigenvalue weighted by molar-refractivity contribution is 5.04. The van der Waals surface area contributed by atoms with Gasteiger partial charge in [-0.2, -0.15) is 5.10 Å². The Labute approximate surface area is 128 Å². The fraction of sp³-hybridized carbons (Fsp3) is 0.824. The highest BCUT2D eigenvalue weighted by atomic mass is 15.3. The summed E-state index contributed by atoms with van der Waals surface area (Å²) in [5, 5.41) is 4.84. The van der Waals surface area contributed by atoms with Crippen molar-refractivity contribution < 1.29 is 0 Å². The van der Waals surface area contributed by atoms with E-state index >= 15 is 0 Å². The Hall–Kier alpha value is -0.870. The largest absolute Gasteiger partial charge is 0.271 e. The molecule has 0 aromatic carbocycles. The fourth-order valence-electron chi connectivity index (χ4n) is 4.37. The molecule has 0 bridgehead atoms. The highest BCUT2D eigenvalue weighted by Gasteiger charge is 2.30. The minimum atomic E-state index is 0.372. The van der Waals surface area contributed by atoms with Gasteiger partial charge in [0.05, 0.1) is 11.7 Å². The number of nitrogens with zero attached hydrogens (tertiary/aromatic N) is 2. The van der Waals surface area contributed by atoms with E-state index in [2.05, 4.69) is 29.3 Å². The van der Waals surface area contributed by atoms with Crippen molar-refractivity contribution in [3.8, 4) is 0 Å². The van der Waals surface area contributed by atoms with Gasteiger partial charge in [-0.1, -0.05) is 39.0 Å². The number of nitrogens with one attached hydrogen (secondary N) is 1. The Kier molecular flexibility index (Phi) is 4.96. The van der Waals surface area contributed by atoms with Crippen molar-refractivity contribution in [1.82, 2.24) is 15.2 Å². The maximum absolute atomic E-state index is 5.83. The van der Waals surface area contributed by atoms with E-state index in [1.807, 2.05) is 0 Å². The highest BCUT2D eigenvalue weighted by Crippen LogP contribution is 2.34. The maximum atomic E-state index is 5.83. The zero-order chi connectivity index (χ0) is 14.7. The molecule has 3 N–H and O–H groups in total. The monoisotopic (exact) mass is 290 g/mol. The van der Waals surface area contributed by atoms with Crippen LogP contribution in [0.5, 0.6) is 0 Å². The lowest BCUT2D eigenvalue weighted by Gasteiger charge is -2.26. The first-order valence-corrected chi connectivity index (χ1v) is 8.78. The van der Waals surface area contributed by atoms with E-state index in [0.717, 1.165) is 12.3 Å². The second-order valence-electron chi connectivity index (χ2n) is 7.13. The summed E-state index contributed by atoms with van der Waals surface area (Å²) in [5.41, 5.74) is 4.26. The standard InChI is InChI=1S/C17H30N4/c1-13-6-5-9-16(13)17(19-18)12-14-10-11-21(20-14)15-7-3-2-4-8-15/h10-11,13,15-17,19H,2-9,12,18H2,1H3. The molecule has 3 unspecified atom stereocenters. The van der Waals surface area contributed by atoms with Crippen LogP contribution in [0, 0.1) is 11.8 Å². The van der Waals surface area contributed by atoms with E-state index in [9.17, 15) is 0 Å². The van der Waals surface area contributed by atoms with Gasteiger partial charge in [-0.25, -0.2) is 0 Å². The third-order valence-electron chi connectivity index (χ3n) is 5.70. The molecule has 0 saturated heterocycles. The Morgan fingerprint density at radius 2 is 2.05 bits per heavy atom. The second kappa shape index (κ2) is 6.93. The number of rotatable bonds is 5. The number of hydrogen-bond donors (Lipinski definition) is 2. The van der Waals surface area contributed by atoms with E-state index in [1.54, 1.807) is 0 Å². The molecule has 4 heteroatoms. The number of hydrogen-bond acceptors (Lipinski definition) is 3. The molecule has 1 aromatic rings. The van der Waals surface area contributed by atoms with Crippen molar-refractivity contribution in [2.75, 3.05) is 0 Å². The van der Waals surface area contributed by atoms with Gasteiger partial charge in [-0.3, -0.25) is 16.0 Å². The van der Waals surface area contributed by atoms with Crippen LogP contribution < -0.4 is 11.3 Å². The summed E-state index contributed by atoms with van der Waals surface area (Å²) >= 11 is 0. The minimum Gasteiger partial charge on any atom is -0.271 e. The number of aromatic nitrogens is 2. The summed E-state index contributed by atoms with van der Waals surface area (Å²) in [6.45, 7) is 2.36. The Morgan fingerprint density at radius 1 is 1.24 bits per heavy atom. The normalized spacial score (nSPS) is 28.9. The summed E-state index contributed by atoms with van der Waals surface area (Å²) in [5.74, 6) is 7.32. The van der Waals surface area contributed by atoms with Crippen LogP contribution >= 0.6 is 0 Å². The first-order valence-electron chi connectivity index (χ1n) is 8.78. The quantitative estimate of drug-likeness (QED) is 0.647.